The molecule has 4 heteroatoms. The summed E-state index contributed by atoms with van der Waals surface area (Å²) in [5.41, 5.74) is 2.20. The fraction of sp³-hybridized carbons (Fsp3) is 0.500. The lowest BCUT2D eigenvalue weighted by atomic mass is 10.2. The molecule has 0 atom stereocenters. The SMILES string of the molecule is CCCc1cc(C)nc2nc(C)nn12. The lowest BCUT2D eigenvalue weighted by Crippen LogP contribution is -2.01. The van der Waals surface area contributed by atoms with Crippen LogP contribution in [0.4, 0.5) is 0 Å². The second-order valence-electron chi connectivity index (χ2n) is 3.51. The molecule has 0 spiro atoms. The van der Waals surface area contributed by atoms with Gasteiger partial charge in [-0.05, 0) is 26.3 Å². The van der Waals surface area contributed by atoms with Crippen LogP contribution in [0.15, 0.2) is 6.07 Å². The second kappa shape index (κ2) is 3.36. The number of hydrogen-bond acceptors (Lipinski definition) is 3. The number of fused-ring (bicyclic) bond motifs is 1. The van der Waals surface area contributed by atoms with Gasteiger partial charge >= 0.3 is 0 Å². The minimum Gasteiger partial charge on any atom is -0.216 e. The molecule has 0 saturated heterocycles. The molecule has 0 aliphatic rings. The Hall–Kier alpha value is -1.45. The monoisotopic (exact) mass is 190 g/mol. The first-order chi connectivity index (χ1) is 6.70. The molecule has 0 aliphatic carbocycles. The largest absolute Gasteiger partial charge is 0.252 e. The molecule has 14 heavy (non-hydrogen) atoms. The van der Waals surface area contributed by atoms with Gasteiger partial charge in [0.25, 0.3) is 5.78 Å². The third-order valence-corrected chi connectivity index (χ3v) is 2.13. The van der Waals surface area contributed by atoms with Crippen molar-refractivity contribution in [2.75, 3.05) is 0 Å². The predicted molar refractivity (Wildman–Crippen MR) is 54.3 cm³/mol. The highest BCUT2D eigenvalue weighted by molar-refractivity contribution is 5.31. The zero-order chi connectivity index (χ0) is 10.1. The summed E-state index contributed by atoms with van der Waals surface area (Å²) in [7, 11) is 0. The Labute approximate surface area is 83.0 Å². The van der Waals surface area contributed by atoms with Gasteiger partial charge in [0.1, 0.15) is 5.82 Å². The van der Waals surface area contributed by atoms with Gasteiger partial charge in [-0.3, -0.25) is 0 Å². The van der Waals surface area contributed by atoms with Gasteiger partial charge in [0.15, 0.2) is 0 Å². The average Bonchev–Trinajstić information content (AvgIpc) is 2.45. The second-order valence-corrected chi connectivity index (χ2v) is 3.51. The molecule has 0 bridgehead atoms. The Balaban J connectivity index is 2.66. The van der Waals surface area contributed by atoms with Gasteiger partial charge in [-0.2, -0.15) is 10.1 Å². The molecule has 0 fully saturated rings. The van der Waals surface area contributed by atoms with E-state index in [1.54, 1.807) is 0 Å². The van der Waals surface area contributed by atoms with Gasteiger partial charge in [-0.1, -0.05) is 13.3 Å². The number of hydrogen-bond donors (Lipinski definition) is 0. The zero-order valence-electron chi connectivity index (χ0n) is 8.78. The third-order valence-electron chi connectivity index (χ3n) is 2.13. The molecule has 4 nitrogen and oxygen atoms in total. The highest BCUT2D eigenvalue weighted by atomic mass is 15.3. The lowest BCUT2D eigenvalue weighted by Gasteiger charge is -2.02. The van der Waals surface area contributed by atoms with Gasteiger partial charge < -0.3 is 0 Å². The summed E-state index contributed by atoms with van der Waals surface area (Å²) in [5.74, 6) is 1.49. The van der Waals surface area contributed by atoms with Crippen molar-refractivity contribution in [2.24, 2.45) is 0 Å². The summed E-state index contributed by atoms with van der Waals surface area (Å²) < 4.78 is 1.84. The fourth-order valence-corrected chi connectivity index (χ4v) is 1.60. The molecule has 0 N–H and O–H groups in total. The average molecular weight is 190 g/mol. The Morgan fingerprint density at radius 2 is 2.07 bits per heavy atom. The van der Waals surface area contributed by atoms with E-state index < -0.39 is 0 Å². The third kappa shape index (κ3) is 1.47. The van der Waals surface area contributed by atoms with Crippen molar-refractivity contribution >= 4 is 5.78 Å². The molecule has 2 aromatic rings. The van der Waals surface area contributed by atoms with Crippen LogP contribution >= 0.6 is 0 Å². The lowest BCUT2D eigenvalue weighted by molar-refractivity contribution is 0.785. The van der Waals surface area contributed by atoms with Crippen LogP contribution in [0.2, 0.25) is 0 Å². The van der Waals surface area contributed by atoms with Crippen molar-refractivity contribution in [3.8, 4) is 0 Å². The van der Waals surface area contributed by atoms with Crippen molar-refractivity contribution < 1.29 is 0 Å². The van der Waals surface area contributed by atoms with E-state index in [0.717, 1.165) is 24.4 Å². The Bertz CT molecular complexity index is 458. The molecule has 0 aliphatic heterocycles. The molecule has 2 rings (SSSR count). The van der Waals surface area contributed by atoms with Crippen LogP contribution < -0.4 is 0 Å². The predicted octanol–water partition coefficient (Wildman–Crippen LogP) is 1.69. The normalized spacial score (nSPS) is 11.1. The minimum atomic E-state index is 0.714. The summed E-state index contributed by atoms with van der Waals surface area (Å²) >= 11 is 0. The van der Waals surface area contributed by atoms with Gasteiger partial charge in [-0.25, -0.2) is 9.50 Å². The molecule has 2 heterocycles. The molecular weight excluding hydrogens is 176 g/mol. The Morgan fingerprint density at radius 3 is 2.79 bits per heavy atom. The summed E-state index contributed by atoms with van der Waals surface area (Å²) in [6.07, 6.45) is 2.13. The Morgan fingerprint density at radius 1 is 1.29 bits per heavy atom. The summed E-state index contributed by atoms with van der Waals surface area (Å²) in [4.78, 5) is 8.59. The van der Waals surface area contributed by atoms with Gasteiger partial charge in [0.2, 0.25) is 0 Å². The quantitative estimate of drug-likeness (QED) is 0.723. The molecule has 0 unspecified atom stereocenters. The van der Waals surface area contributed by atoms with Crippen molar-refractivity contribution in [1.29, 1.82) is 0 Å². The van der Waals surface area contributed by atoms with Crippen LogP contribution in [0.3, 0.4) is 0 Å². The van der Waals surface area contributed by atoms with Crippen LogP contribution in [-0.2, 0) is 6.42 Å². The van der Waals surface area contributed by atoms with Crippen molar-refractivity contribution in [2.45, 2.75) is 33.6 Å². The van der Waals surface area contributed by atoms with E-state index in [2.05, 4.69) is 28.1 Å². The maximum absolute atomic E-state index is 4.33. The molecular formula is C10H14N4. The fourth-order valence-electron chi connectivity index (χ4n) is 1.60. The smallest absolute Gasteiger partial charge is 0.216 e. The molecule has 0 radical (unpaired) electrons. The summed E-state index contributed by atoms with van der Waals surface area (Å²) in [6.45, 7) is 6.04. The van der Waals surface area contributed by atoms with Crippen LogP contribution in [0.5, 0.6) is 0 Å². The van der Waals surface area contributed by atoms with Crippen LogP contribution in [0.25, 0.3) is 5.78 Å². The van der Waals surface area contributed by atoms with E-state index in [1.165, 1.54) is 5.69 Å². The summed E-state index contributed by atoms with van der Waals surface area (Å²) in [6, 6.07) is 2.07. The number of aromatic nitrogens is 4. The first-order valence-electron chi connectivity index (χ1n) is 4.90. The van der Waals surface area contributed by atoms with E-state index in [-0.39, 0.29) is 0 Å². The maximum atomic E-state index is 4.33. The molecule has 0 amide bonds. The van der Waals surface area contributed by atoms with Gasteiger partial charge in [0, 0.05) is 11.4 Å². The first kappa shape index (κ1) is 9.12. The molecule has 0 aromatic carbocycles. The van der Waals surface area contributed by atoms with Crippen LogP contribution in [-0.4, -0.2) is 19.6 Å². The topological polar surface area (TPSA) is 43.1 Å². The van der Waals surface area contributed by atoms with E-state index in [4.69, 9.17) is 0 Å². The number of nitrogens with zero attached hydrogens (tertiary/aromatic N) is 4. The number of aryl methyl sites for hydroxylation is 3. The van der Waals surface area contributed by atoms with Crippen LogP contribution in [0.1, 0.15) is 30.6 Å². The van der Waals surface area contributed by atoms with E-state index in [1.807, 2.05) is 18.4 Å². The molecule has 2 aromatic heterocycles. The number of rotatable bonds is 2. The highest BCUT2D eigenvalue weighted by Gasteiger charge is 2.06. The molecule has 0 saturated carbocycles. The van der Waals surface area contributed by atoms with E-state index >= 15 is 0 Å². The van der Waals surface area contributed by atoms with Crippen molar-refractivity contribution in [3.63, 3.8) is 0 Å². The first-order valence-corrected chi connectivity index (χ1v) is 4.90. The van der Waals surface area contributed by atoms with E-state index in [0.29, 0.717) is 5.78 Å². The zero-order valence-corrected chi connectivity index (χ0v) is 8.78. The summed E-state index contributed by atoms with van der Waals surface area (Å²) in [5, 5.41) is 4.32. The van der Waals surface area contributed by atoms with Gasteiger partial charge in [0.05, 0.1) is 0 Å². The highest BCUT2D eigenvalue weighted by Crippen LogP contribution is 2.07. The van der Waals surface area contributed by atoms with Crippen molar-refractivity contribution in [1.82, 2.24) is 19.6 Å². The van der Waals surface area contributed by atoms with Gasteiger partial charge in [-0.15, -0.1) is 0 Å². The van der Waals surface area contributed by atoms with Crippen molar-refractivity contribution in [3.05, 3.63) is 23.3 Å². The molecule has 74 valence electrons. The Kier molecular flexibility index (Phi) is 2.19. The standard InChI is InChI=1S/C10H14N4/c1-4-5-9-6-7(2)11-10-12-8(3)13-14(9)10/h6H,4-5H2,1-3H3. The van der Waals surface area contributed by atoms with Crippen LogP contribution in [0, 0.1) is 13.8 Å². The minimum absolute atomic E-state index is 0.714. The van der Waals surface area contributed by atoms with E-state index in [9.17, 15) is 0 Å². The maximum Gasteiger partial charge on any atom is 0.252 e.